The lowest BCUT2D eigenvalue weighted by Gasteiger charge is -2.33. The number of aryl methyl sites for hydroxylation is 2. The molecule has 3 heterocycles. The van der Waals surface area contributed by atoms with Crippen LogP contribution in [0.25, 0.3) is 0 Å². The van der Waals surface area contributed by atoms with E-state index >= 15 is 0 Å². The molecule has 0 aliphatic carbocycles. The van der Waals surface area contributed by atoms with Crippen LogP contribution < -0.4 is 0 Å². The lowest BCUT2D eigenvalue weighted by atomic mass is 9.90. The average Bonchev–Trinajstić information content (AvgIpc) is 3.46. The van der Waals surface area contributed by atoms with Crippen LogP contribution in [0.3, 0.4) is 0 Å². The van der Waals surface area contributed by atoms with E-state index in [1.165, 1.54) is 5.56 Å². The van der Waals surface area contributed by atoms with Crippen molar-refractivity contribution in [3.05, 3.63) is 70.2 Å². The summed E-state index contributed by atoms with van der Waals surface area (Å²) in [5.41, 5.74) is 1.71. The van der Waals surface area contributed by atoms with E-state index in [2.05, 4.69) is 22.4 Å². The Balaban J connectivity index is 1.26. The van der Waals surface area contributed by atoms with Gasteiger partial charge >= 0.3 is 0 Å². The number of aliphatic hydroxyl groups excluding tert-OH is 1. The molecule has 1 N–H and O–H groups in total. The number of carbonyl (C=O) groups is 1. The summed E-state index contributed by atoms with van der Waals surface area (Å²) in [5, 5.41) is 20.7. The normalized spacial score (nSPS) is 16.1. The number of nitrogens with zero attached hydrogens (tertiary/aromatic N) is 4. The van der Waals surface area contributed by atoms with Gasteiger partial charge in [-0.05, 0) is 48.6 Å². The first-order valence-electron chi connectivity index (χ1n) is 10.2. The number of likely N-dealkylation sites (tertiary alicyclic amines) is 1. The lowest BCUT2D eigenvalue weighted by molar-refractivity contribution is 0.0470. The van der Waals surface area contributed by atoms with E-state index in [1.54, 1.807) is 22.2 Å². The summed E-state index contributed by atoms with van der Waals surface area (Å²) in [6, 6.07) is 14.3. The fourth-order valence-electron chi connectivity index (χ4n) is 3.87. The maximum Gasteiger partial charge on any atom is 0.276 e. The Morgan fingerprint density at radius 2 is 1.97 bits per heavy atom. The van der Waals surface area contributed by atoms with Gasteiger partial charge in [0.2, 0.25) is 0 Å². The number of aromatic nitrogens is 3. The molecule has 1 aliphatic rings. The van der Waals surface area contributed by atoms with Crippen LogP contribution in [0.5, 0.6) is 0 Å². The standard InChI is InChI=1S/C22H26N4O2S/c27-21(20-9-5-15-29-20)18-10-13-25(14-11-18)22(28)19-16-26(24-23-19)12-4-8-17-6-2-1-3-7-17/h1-3,5-7,9,15-16,18,21,27H,4,8,10-14H2/t21-/m0/s1. The zero-order valence-electron chi connectivity index (χ0n) is 16.4. The Morgan fingerprint density at radius 3 is 2.69 bits per heavy atom. The molecule has 1 atom stereocenters. The number of aliphatic hydroxyl groups is 1. The van der Waals surface area contributed by atoms with E-state index in [0.29, 0.717) is 18.8 Å². The van der Waals surface area contributed by atoms with Crippen LogP contribution in [0.1, 0.15) is 46.3 Å². The summed E-state index contributed by atoms with van der Waals surface area (Å²) in [7, 11) is 0. The van der Waals surface area contributed by atoms with Gasteiger partial charge in [-0.25, -0.2) is 0 Å². The zero-order valence-corrected chi connectivity index (χ0v) is 17.2. The Morgan fingerprint density at radius 1 is 1.17 bits per heavy atom. The summed E-state index contributed by atoms with van der Waals surface area (Å²) in [6.07, 6.45) is 4.85. The van der Waals surface area contributed by atoms with Crippen molar-refractivity contribution in [2.24, 2.45) is 5.92 Å². The van der Waals surface area contributed by atoms with Crippen LogP contribution in [0.4, 0.5) is 0 Å². The highest BCUT2D eigenvalue weighted by atomic mass is 32.1. The van der Waals surface area contributed by atoms with Crippen LogP contribution in [-0.4, -0.2) is 44.0 Å². The summed E-state index contributed by atoms with van der Waals surface area (Å²) in [6.45, 7) is 2.03. The van der Waals surface area contributed by atoms with Crippen molar-refractivity contribution < 1.29 is 9.90 Å². The van der Waals surface area contributed by atoms with Crippen LogP contribution in [-0.2, 0) is 13.0 Å². The second-order valence-corrected chi connectivity index (χ2v) is 8.53. The van der Waals surface area contributed by atoms with E-state index in [9.17, 15) is 9.90 Å². The Kier molecular flexibility index (Phi) is 6.36. The molecule has 152 valence electrons. The first-order chi connectivity index (χ1) is 14.2. The molecule has 0 spiro atoms. The topological polar surface area (TPSA) is 71.2 Å². The van der Waals surface area contributed by atoms with Crippen LogP contribution >= 0.6 is 11.3 Å². The minimum Gasteiger partial charge on any atom is -0.387 e. The molecule has 1 aromatic carbocycles. The molecule has 7 heteroatoms. The first-order valence-corrected chi connectivity index (χ1v) is 11.0. The first kappa shape index (κ1) is 19.8. The van der Waals surface area contributed by atoms with Gasteiger partial charge in [0.05, 0.1) is 12.3 Å². The third-order valence-electron chi connectivity index (χ3n) is 5.56. The molecule has 6 nitrogen and oxygen atoms in total. The Bertz CT molecular complexity index is 902. The predicted molar refractivity (Wildman–Crippen MR) is 113 cm³/mol. The number of piperidine rings is 1. The number of thiophene rings is 1. The highest BCUT2D eigenvalue weighted by molar-refractivity contribution is 7.10. The van der Waals surface area contributed by atoms with Gasteiger partial charge in [0.15, 0.2) is 5.69 Å². The lowest BCUT2D eigenvalue weighted by Crippen LogP contribution is -2.39. The van der Waals surface area contributed by atoms with Crippen molar-refractivity contribution in [1.82, 2.24) is 19.9 Å². The molecule has 1 fully saturated rings. The van der Waals surface area contributed by atoms with Gasteiger partial charge in [-0.3, -0.25) is 9.48 Å². The van der Waals surface area contributed by atoms with E-state index < -0.39 is 6.10 Å². The molecule has 2 aromatic heterocycles. The molecular weight excluding hydrogens is 384 g/mol. The summed E-state index contributed by atoms with van der Waals surface area (Å²) in [4.78, 5) is 15.6. The van der Waals surface area contributed by atoms with Crippen molar-refractivity contribution in [2.75, 3.05) is 13.1 Å². The minimum atomic E-state index is -0.433. The summed E-state index contributed by atoms with van der Waals surface area (Å²) < 4.78 is 1.75. The fraction of sp³-hybridized carbons (Fsp3) is 0.409. The van der Waals surface area contributed by atoms with Gasteiger partial charge in [-0.2, -0.15) is 0 Å². The molecule has 0 bridgehead atoms. The maximum absolute atomic E-state index is 12.8. The summed E-state index contributed by atoms with van der Waals surface area (Å²) >= 11 is 1.58. The highest BCUT2D eigenvalue weighted by Gasteiger charge is 2.30. The largest absolute Gasteiger partial charge is 0.387 e. The molecule has 3 aromatic rings. The summed E-state index contributed by atoms with van der Waals surface area (Å²) in [5.74, 6) is 0.134. The quantitative estimate of drug-likeness (QED) is 0.647. The monoisotopic (exact) mass is 410 g/mol. The third-order valence-corrected chi connectivity index (χ3v) is 6.50. The van der Waals surface area contributed by atoms with Crippen LogP contribution in [0, 0.1) is 5.92 Å². The fourth-order valence-corrected chi connectivity index (χ4v) is 4.67. The minimum absolute atomic E-state index is 0.0663. The molecule has 0 unspecified atom stereocenters. The number of hydrogen-bond donors (Lipinski definition) is 1. The molecule has 29 heavy (non-hydrogen) atoms. The second kappa shape index (κ2) is 9.33. The second-order valence-electron chi connectivity index (χ2n) is 7.55. The highest BCUT2D eigenvalue weighted by Crippen LogP contribution is 2.33. The molecule has 1 aliphatic heterocycles. The molecule has 0 saturated carbocycles. The smallest absolute Gasteiger partial charge is 0.276 e. The van der Waals surface area contributed by atoms with Crippen molar-refractivity contribution in [3.63, 3.8) is 0 Å². The number of benzene rings is 1. The molecular formula is C22H26N4O2S. The average molecular weight is 411 g/mol. The predicted octanol–water partition coefficient (Wildman–Crippen LogP) is 3.56. The molecule has 0 radical (unpaired) electrons. The van der Waals surface area contributed by atoms with E-state index in [0.717, 1.165) is 37.1 Å². The van der Waals surface area contributed by atoms with Gasteiger partial charge in [-0.15, -0.1) is 16.4 Å². The van der Waals surface area contributed by atoms with Crippen LogP contribution in [0.15, 0.2) is 54.0 Å². The van der Waals surface area contributed by atoms with Gasteiger partial charge in [-0.1, -0.05) is 41.6 Å². The molecule has 1 amide bonds. The van der Waals surface area contributed by atoms with Crippen molar-refractivity contribution in [2.45, 2.75) is 38.3 Å². The van der Waals surface area contributed by atoms with Crippen molar-refractivity contribution in [1.29, 1.82) is 0 Å². The number of amides is 1. The zero-order chi connectivity index (χ0) is 20.1. The SMILES string of the molecule is O=C(c1cn(CCCc2ccccc2)nn1)N1CCC([C@H](O)c2cccs2)CC1. The van der Waals surface area contributed by atoms with Gasteiger partial charge in [0.1, 0.15) is 0 Å². The Hall–Kier alpha value is -2.51. The van der Waals surface area contributed by atoms with Gasteiger partial charge < -0.3 is 10.0 Å². The van der Waals surface area contributed by atoms with Gasteiger partial charge in [0.25, 0.3) is 5.91 Å². The van der Waals surface area contributed by atoms with Gasteiger partial charge in [0, 0.05) is 24.5 Å². The maximum atomic E-state index is 12.8. The Labute approximate surface area is 174 Å². The number of carbonyl (C=O) groups excluding carboxylic acids is 1. The van der Waals surface area contributed by atoms with E-state index in [1.807, 2.05) is 40.6 Å². The van der Waals surface area contributed by atoms with E-state index in [4.69, 9.17) is 0 Å². The van der Waals surface area contributed by atoms with Crippen LogP contribution in [0.2, 0.25) is 0 Å². The number of hydrogen-bond acceptors (Lipinski definition) is 5. The van der Waals surface area contributed by atoms with Crippen molar-refractivity contribution in [3.8, 4) is 0 Å². The van der Waals surface area contributed by atoms with E-state index in [-0.39, 0.29) is 11.8 Å². The molecule has 4 rings (SSSR count). The molecule has 1 saturated heterocycles. The third kappa shape index (κ3) is 4.92. The number of rotatable bonds is 7. The van der Waals surface area contributed by atoms with Crippen molar-refractivity contribution >= 4 is 17.2 Å².